The van der Waals surface area contributed by atoms with E-state index in [2.05, 4.69) is 22.5 Å². The molecule has 2 aliphatic rings. The zero-order chi connectivity index (χ0) is 28.5. The van der Waals surface area contributed by atoms with Crippen molar-refractivity contribution in [1.29, 1.82) is 0 Å². The molecule has 4 amide bonds. The van der Waals surface area contributed by atoms with E-state index in [1.165, 1.54) is 17.4 Å². The van der Waals surface area contributed by atoms with Crippen molar-refractivity contribution in [3.63, 3.8) is 0 Å². The third-order valence-electron chi connectivity index (χ3n) is 7.56. The van der Waals surface area contributed by atoms with E-state index in [-0.39, 0.29) is 29.9 Å². The molecule has 0 spiro atoms. The number of urea groups is 1. The highest BCUT2D eigenvalue weighted by Gasteiger charge is 2.33. The van der Waals surface area contributed by atoms with Crippen LogP contribution in [0.15, 0.2) is 79.4 Å². The van der Waals surface area contributed by atoms with Gasteiger partial charge in [0.15, 0.2) is 0 Å². The first kappa shape index (κ1) is 26.6. The molecule has 1 aliphatic heterocycles. The van der Waals surface area contributed by atoms with Gasteiger partial charge in [-0.1, -0.05) is 30.8 Å². The molecule has 8 nitrogen and oxygen atoms in total. The van der Waals surface area contributed by atoms with Gasteiger partial charge >= 0.3 is 6.03 Å². The number of anilines is 3. The normalized spacial score (nSPS) is 18.0. The summed E-state index contributed by atoms with van der Waals surface area (Å²) in [7, 11) is 0. The molecule has 0 unspecified atom stereocenters. The zero-order valence-corrected chi connectivity index (χ0v) is 23.4. The van der Waals surface area contributed by atoms with Gasteiger partial charge in [0, 0.05) is 22.2 Å². The molecule has 1 fully saturated rings. The number of benzene rings is 3. The number of rotatable bonds is 7. The lowest BCUT2D eigenvalue weighted by Gasteiger charge is -2.30. The Kier molecular flexibility index (Phi) is 7.19. The highest BCUT2D eigenvalue weighted by molar-refractivity contribution is 7.21. The number of ether oxygens (including phenoxy) is 1. The third kappa shape index (κ3) is 5.28. The average molecular weight is 567 g/mol. The summed E-state index contributed by atoms with van der Waals surface area (Å²) < 4.78 is 6.90. The Morgan fingerprint density at radius 2 is 1.68 bits per heavy atom. The van der Waals surface area contributed by atoms with Gasteiger partial charge in [0.2, 0.25) is 5.91 Å². The Morgan fingerprint density at radius 3 is 2.39 bits per heavy atom. The Morgan fingerprint density at radius 1 is 0.951 bits per heavy atom. The molecular weight excluding hydrogens is 536 g/mol. The molecule has 0 saturated heterocycles. The number of carbonyl (C=O) groups excluding carboxylic acids is 3. The maximum absolute atomic E-state index is 13.6. The molecule has 0 radical (unpaired) electrons. The summed E-state index contributed by atoms with van der Waals surface area (Å²) in [5.74, 6) is 1.05. The van der Waals surface area contributed by atoms with Crippen LogP contribution in [0.25, 0.3) is 10.1 Å². The van der Waals surface area contributed by atoms with Crippen LogP contribution in [0.2, 0.25) is 0 Å². The summed E-state index contributed by atoms with van der Waals surface area (Å²) in [6, 6.07) is 20.8. The van der Waals surface area contributed by atoms with Crippen LogP contribution < -0.4 is 25.6 Å². The van der Waals surface area contributed by atoms with Crippen LogP contribution in [-0.2, 0) is 4.79 Å². The van der Waals surface area contributed by atoms with Crippen molar-refractivity contribution in [3.05, 3.63) is 89.8 Å². The lowest BCUT2D eigenvalue weighted by molar-refractivity contribution is -0.117. The van der Waals surface area contributed by atoms with Gasteiger partial charge in [-0.05, 0) is 86.7 Å². The molecule has 2 heterocycles. The number of amides is 4. The number of nitrogens with one attached hydrogen (secondary N) is 3. The van der Waals surface area contributed by atoms with Crippen LogP contribution in [0.5, 0.6) is 11.5 Å². The molecular formula is C32H30N4O4S. The van der Waals surface area contributed by atoms with Gasteiger partial charge in [-0.15, -0.1) is 11.3 Å². The Hall–Kier alpha value is -4.63. The van der Waals surface area contributed by atoms with Crippen molar-refractivity contribution in [1.82, 2.24) is 10.6 Å². The smallest absolute Gasteiger partial charge is 0.331 e. The highest BCUT2D eigenvalue weighted by Crippen LogP contribution is 2.47. The van der Waals surface area contributed by atoms with E-state index >= 15 is 0 Å². The summed E-state index contributed by atoms with van der Waals surface area (Å²) in [5.41, 5.74) is 2.89. The number of nitrogens with zero attached hydrogens (tertiary/aromatic N) is 1. The first-order chi connectivity index (χ1) is 19.9. The van der Waals surface area contributed by atoms with Crippen molar-refractivity contribution < 1.29 is 19.1 Å². The third-order valence-corrected chi connectivity index (χ3v) is 8.71. The first-order valence-electron chi connectivity index (χ1n) is 13.6. The van der Waals surface area contributed by atoms with E-state index in [1.54, 1.807) is 4.90 Å². The van der Waals surface area contributed by atoms with Crippen LogP contribution >= 0.6 is 11.3 Å². The SMILES string of the molecule is C=CC(=O)NC1CCC(NC(=O)c2sc3cccc4c3c2NC(=O)N4c2ccc(Oc3ccccc3)cc2C)CC1. The highest BCUT2D eigenvalue weighted by atomic mass is 32.1. The van der Waals surface area contributed by atoms with Crippen molar-refractivity contribution >= 4 is 56.3 Å². The molecule has 3 N–H and O–H groups in total. The lowest BCUT2D eigenvalue weighted by atomic mass is 9.91. The standard InChI is InChI=1S/C32H30N4O4S/c1-3-27(37)33-20-12-14-21(15-13-20)34-31(38)30-29-28-25(10-7-11-26(28)41-30)36(32(39)35-29)24-17-16-23(18-19(24)2)40-22-8-5-4-6-9-22/h3-11,16-18,20-21H,1,12-15H2,2H3,(H,33,37)(H,34,38)(H,35,39). The summed E-state index contributed by atoms with van der Waals surface area (Å²) in [6.45, 7) is 5.45. The van der Waals surface area contributed by atoms with Gasteiger partial charge in [-0.3, -0.25) is 14.5 Å². The van der Waals surface area contributed by atoms with Crippen LogP contribution in [0.4, 0.5) is 21.9 Å². The minimum absolute atomic E-state index is 0.00586. The molecule has 4 aromatic rings. The molecule has 3 aromatic carbocycles. The monoisotopic (exact) mass is 566 g/mol. The second-order valence-corrected chi connectivity index (χ2v) is 11.4. The quantitative estimate of drug-likeness (QED) is 0.209. The topological polar surface area (TPSA) is 99.8 Å². The number of aryl methyl sites for hydroxylation is 1. The van der Waals surface area contributed by atoms with Crippen molar-refractivity contribution in [2.45, 2.75) is 44.7 Å². The van der Waals surface area contributed by atoms with Crippen LogP contribution in [0.1, 0.15) is 40.9 Å². The summed E-state index contributed by atoms with van der Waals surface area (Å²) >= 11 is 1.38. The van der Waals surface area contributed by atoms with Crippen LogP contribution in [0.3, 0.4) is 0 Å². The molecule has 1 aliphatic carbocycles. The molecule has 0 atom stereocenters. The van der Waals surface area contributed by atoms with E-state index in [9.17, 15) is 14.4 Å². The van der Waals surface area contributed by atoms with Gasteiger partial charge in [0.25, 0.3) is 5.91 Å². The number of hydrogen-bond acceptors (Lipinski definition) is 5. The number of para-hydroxylation sites is 1. The number of hydrogen-bond donors (Lipinski definition) is 3. The molecule has 41 heavy (non-hydrogen) atoms. The van der Waals surface area contributed by atoms with E-state index in [0.717, 1.165) is 58.5 Å². The second-order valence-electron chi connectivity index (χ2n) is 10.3. The van der Waals surface area contributed by atoms with Crippen molar-refractivity contribution in [2.75, 3.05) is 10.2 Å². The maximum Gasteiger partial charge on any atom is 0.331 e. The van der Waals surface area contributed by atoms with Gasteiger partial charge in [-0.2, -0.15) is 0 Å². The Balaban J connectivity index is 1.24. The van der Waals surface area contributed by atoms with Gasteiger partial charge < -0.3 is 20.7 Å². The Bertz CT molecular complexity index is 1660. The van der Waals surface area contributed by atoms with Crippen molar-refractivity contribution in [2.24, 2.45) is 0 Å². The number of carbonyl (C=O) groups is 3. The van der Waals surface area contributed by atoms with E-state index in [4.69, 9.17) is 4.74 Å². The fraction of sp³-hybridized carbons (Fsp3) is 0.219. The van der Waals surface area contributed by atoms with Crippen LogP contribution in [0, 0.1) is 6.92 Å². The predicted molar refractivity (Wildman–Crippen MR) is 163 cm³/mol. The fourth-order valence-corrected chi connectivity index (χ4v) is 6.65. The van der Waals surface area contributed by atoms with Crippen molar-refractivity contribution in [3.8, 4) is 11.5 Å². The second kappa shape index (κ2) is 11.1. The Labute approximate surface area is 242 Å². The van der Waals surface area contributed by atoms with E-state index < -0.39 is 0 Å². The van der Waals surface area contributed by atoms with Crippen LogP contribution in [-0.4, -0.2) is 29.9 Å². The van der Waals surface area contributed by atoms with E-state index in [0.29, 0.717) is 16.3 Å². The lowest BCUT2D eigenvalue weighted by Crippen LogP contribution is -2.43. The van der Waals surface area contributed by atoms with E-state index in [1.807, 2.05) is 73.7 Å². The number of thiophene rings is 1. The predicted octanol–water partition coefficient (Wildman–Crippen LogP) is 7.03. The molecule has 9 heteroatoms. The molecule has 1 aromatic heterocycles. The summed E-state index contributed by atoms with van der Waals surface area (Å²) in [5, 5.41) is 9.95. The minimum Gasteiger partial charge on any atom is -0.457 e. The fourth-order valence-electron chi connectivity index (χ4n) is 5.57. The van der Waals surface area contributed by atoms with Gasteiger partial charge in [0.05, 0.1) is 17.1 Å². The van der Waals surface area contributed by atoms with Gasteiger partial charge in [0.1, 0.15) is 16.4 Å². The maximum atomic E-state index is 13.6. The first-order valence-corrected chi connectivity index (χ1v) is 14.5. The molecule has 1 saturated carbocycles. The minimum atomic E-state index is -0.323. The van der Waals surface area contributed by atoms with Gasteiger partial charge in [-0.25, -0.2) is 4.79 Å². The zero-order valence-electron chi connectivity index (χ0n) is 22.6. The average Bonchev–Trinajstić information content (AvgIpc) is 3.35. The molecule has 6 rings (SSSR count). The summed E-state index contributed by atoms with van der Waals surface area (Å²) in [6.07, 6.45) is 4.38. The summed E-state index contributed by atoms with van der Waals surface area (Å²) in [4.78, 5) is 40.8. The molecule has 208 valence electrons. The largest absolute Gasteiger partial charge is 0.457 e. The molecule has 0 bridgehead atoms.